The summed E-state index contributed by atoms with van der Waals surface area (Å²) in [5, 5.41) is -0.485. The fraction of sp³-hybridized carbons (Fsp3) is 0.100. The van der Waals surface area contributed by atoms with E-state index >= 15 is 0 Å². The van der Waals surface area contributed by atoms with Crippen LogP contribution in [0.15, 0.2) is 59.5 Å². The van der Waals surface area contributed by atoms with E-state index in [0.29, 0.717) is 16.7 Å². The van der Waals surface area contributed by atoms with Crippen molar-refractivity contribution in [2.24, 2.45) is 0 Å². The van der Waals surface area contributed by atoms with Gasteiger partial charge in [-0.1, -0.05) is 42.5 Å². The van der Waals surface area contributed by atoms with Gasteiger partial charge in [0, 0.05) is 5.56 Å². The van der Waals surface area contributed by atoms with E-state index in [1.807, 2.05) is 0 Å². The minimum atomic E-state index is -0.508. The second-order valence-electron chi connectivity index (χ2n) is 5.67. The fourth-order valence-corrected chi connectivity index (χ4v) is 3.32. The van der Waals surface area contributed by atoms with Gasteiger partial charge in [-0.3, -0.25) is 19.3 Å². The van der Waals surface area contributed by atoms with Gasteiger partial charge in [0.1, 0.15) is 0 Å². The molecule has 1 fully saturated rings. The molecule has 1 aliphatic heterocycles. The number of hydrogen-bond acceptors (Lipinski definition) is 6. The van der Waals surface area contributed by atoms with Crippen molar-refractivity contribution in [3.63, 3.8) is 0 Å². The van der Waals surface area contributed by atoms with Gasteiger partial charge in [0.25, 0.3) is 11.1 Å². The maximum absolute atomic E-state index is 12.5. The van der Waals surface area contributed by atoms with Gasteiger partial charge in [-0.05, 0) is 35.5 Å². The highest BCUT2D eigenvalue weighted by Crippen LogP contribution is 2.32. The summed E-state index contributed by atoms with van der Waals surface area (Å²) in [5.74, 6) is -1.27. The third-order valence-corrected chi connectivity index (χ3v) is 4.81. The quantitative estimate of drug-likeness (QED) is 0.449. The average molecular weight is 381 g/mol. The van der Waals surface area contributed by atoms with Crippen molar-refractivity contribution in [3.05, 3.63) is 76.2 Å². The number of ether oxygens (including phenoxy) is 1. The molecule has 0 N–H and O–H groups in total. The van der Waals surface area contributed by atoms with Crippen LogP contribution in [0, 0.1) is 0 Å². The van der Waals surface area contributed by atoms with Gasteiger partial charge in [-0.2, -0.15) is 0 Å². The Balaban J connectivity index is 1.74. The summed E-state index contributed by atoms with van der Waals surface area (Å²) >= 11 is 0.784. The van der Waals surface area contributed by atoms with E-state index in [1.165, 1.54) is 7.11 Å². The highest BCUT2D eigenvalue weighted by atomic mass is 32.2. The van der Waals surface area contributed by atoms with Crippen LogP contribution in [0.2, 0.25) is 0 Å². The normalized spacial score (nSPS) is 15.3. The highest BCUT2D eigenvalue weighted by molar-refractivity contribution is 8.18. The summed E-state index contributed by atoms with van der Waals surface area (Å²) in [4.78, 5) is 49.5. The predicted molar refractivity (Wildman–Crippen MR) is 101 cm³/mol. The molecule has 0 spiro atoms. The summed E-state index contributed by atoms with van der Waals surface area (Å²) in [6.07, 6.45) is 1.55. The first-order valence-corrected chi connectivity index (χ1v) is 8.83. The Morgan fingerprint density at radius 2 is 1.67 bits per heavy atom. The molecule has 0 atom stereocenters. The summed E-state index contributed by atoms with van der Waals surface area (Å²) in [5.41, 5.74) is 1.48. The van der Waals surface area contributed by atoms with Crippen molar-refractivity contribution < 1.29 is 23.9 Å². The number of benzene rings is 2. The van der Waals surface area contributed by atoms with Crippen molar-refractivity contribution >= 4 is 40.7 Å². The Hall–Kier alpha value is -3.19. The van der Waals surface area contributed by atoms with Gasteiger partial charge < -0.3 is 4.74 Å². The first-order valence-electron chi connectivity index (χ1n) is 8.01. The van der Waals surface area contributed by atoms with E-state index < -0.39 is 17.1 Å². The molecule has 7 heteroatoms. The van der Waals surface area contributed by atoms with E-state index in [1.54, 1.807) is 60.7 Å². The lowest BCUT2D eigenvalue weighted by molar-refractivity contribution is -0.122. The Kier molecular flexibility index (Phi) is 5.52. The number of nitrogens with zero attached hydrogens (tertiary/aromatic N) is 1. The monoisotopic (exact) mass is 381 g/mol. The molecule has 3 rings (SSSR count). The summed E-state index contributed by atoms with van der Waals surface area (Å²) in [7, 11) is 1.29. The Morgan fingerprint density at radius 3 is 2.30 bits per heavy atom. The van der Waals surface area contributed by atoms with Gasteiger partial charge in [-0.25, -0.2) is 4.79 Å². The summed E-state index contributed by atoms with van der Waals surface area (Å²) in [6, 6.07) is 14.9. The maximum Gasteiger partial charge on any atom is 0.337 e. The molecule has 2 aromatic rings. The van der Waals surface area contributed by atoms with Crippen LogP contribution in [0.1, 0.15) is 26.3 Å². The zero-order valence-electron chi connectivity index (χ0n) is 14.4. The van der Waals surface area contributed by atoms with Crippen LogP contribution in [0.25, 0.3) is 6.08 Å². The topological polar surface area (TPSA) is 80.8 Å². The number of carbonyl (C=O) groups excluding carboxylic acids is 4. The highest BCUT2D eigenvalue weighted by Gasteiger charge is 2.36. The first kappa shape index (κ1) is 18.6. The van der Waals surface area contributed by atoms with Gasteiger partial charge in [0.05, 0.1) is 24.1 Å². The lowest BCUT2D eigenvalue weighted by atomic mass is 10.1. The van der Waals surface area contributed by atoms with Gasteiger partial charge >= 0.3 is 5.97 Å². The number of amides is 2. The molecule has 0 aliphatic carbocycles. The Bertz CT molecular complexity index is 935. The van der Waals surface area contributed by atoms with Crippen LogP contribution in [-0.4, -0.2) is 41.5 Å². The van der Waals surface area contributed by atoms with Crippen molar-refractivity contribution in [2.75, 3.05) is 13.7 Å². The minimum absolute atomic E-state index is 0.228. The Labute approximate surface area is 159 Å². The number of rotatable bonds is 5. The van der Waals surface area contributed by atoms with Crippen LogP contribution < -0.4 is 0 Å². The van der Waals surface area contributed by atoms with E-state index in [4.69, 9.17) is 0 Å². The van der Waals surface area contributed by atoms with E-state index in [2.05, 4.69) is 4.74 Å². The largest absolute Gasteiger partial charge is 0.465 e. The second kappa shape index (κ2) is 8.01. The smallest absolute Gasteiger partial charge is 0.337 e. The third kappa shape index (κ3) is 4.15. The van der Waals surface area contributed by atoms with Crippen molar-refractivity contribution in [1.82, 2.24) is 4.90 Å². The number of imide groups is 1. The molecule has 2 aromatic carbocycles. The van der Waals surface area contributed by atoms with Gasteiger partial charge in [0.15, 0.2) is 5.78 Å². The molecule has 0 bridgehead atoms. The molecule has 1 saturated heterocycles. The van der Waals surface area contributed by atoms with Crippen LogP contribution in [0.3, 0.4) is 0 Å². The first-order chi connectivity index (χ1) is 13.0. The van der Waals surface area contributed by atoms with Crippen LogP contribution in [-0.2, 0) is 9.53 Å². The maximum atomic E-state index is 12.5. The molecule has 0 saturated carbocycles. The van der Waals surface area contributed by atoms with Crippen molar-refractivity contribution in [3.8, 4) is 0 Å². The number of ketones is 1. The predicted octanol–water partition coefficient (Wildman–Crippen LogP) is 3.39. The van der Waals surface area contributed by atoms with Crippen LogP contribution in [0.5, 0.6) is 0 Å². The zero-order valence-corrected chi connectivity index (χ0v) is 15.2. The molecule has 0 radical (unpaired) electrons. The summed E-state index contributed by atoms with van der Waals surface area (Å²) < 4.78 is 4.63. The molecular weight excluding hydrogens is 366 g/mol. The second-order valence-corrected chi connectivity index (χ2v) is 6.66. The van der Waals surface area contributed by atoms with E-state index in [9.17, 15) is 19.2 Å². The standard InChI is InChI=1S/C20H15NO5S/c1-26-19(24)15-9-7-13(8-10-15)11-17-18(23)21(20(25)27-17)12-16(22)14-5-3-2-4-6-14/h2-11H,12H2,1H3/b17-11+. The molecular formula is C20H15NO5S. The van der Waals surface area contributed by atoms with Crippen molar-refractivity contribution in [2.45, 2.75) is 0 Å². The third-order valence-electron chi connectivity index (χ3n) is 3.90. The summed E-state index contributed by atoms with van der Waals surface area (Å²) in [6.45, 7) is -0.298. The molecule has 27 heavy (non-hydrogen) atoms. The molecule has 1 heterocycles. The SMILES string of the molecule is COC(=O)c1ccc(/C=C2/SC(=O)N(CC(=O)c3ccccc3)C2=O)cc1. The molecule has 6 nitrogen and oxygen atoms in total. The number of methoxy groups -OCH3 is 1. The number of Topliss-reactive ketones (excluding diaryl/α,β-unsaturated/α-hetero) is 1. The van der Waals surface area contributed by atoms with Crippen LogP contribution >= 0.6 is 11.8 Å². The molecule has 136 valence electrons. The van der Waals surface area contributed by atoms with Crippen LogP contribution in [0.4, 0.5) is 4.79 Å². The van der Waals surface area contributed by atoms with E-state index in [-0.39, 0.29) is 17.2 Å². The Morgan fingerprint density at radius 1 is 1.00 bits per heavy atom. The van der Waals surface area contributed by atoms with Gasteiger partial charge in [0.2, 0.25) is 0 Å². The number of thioether (sulfide) groups is 1. The molecule has 2 amide bonds. The van der Waals surface area contributed by atoms with Crippen molar-refractivity contribution in [1.29, 1.82) is 0 Å². The number of esters is 1. The molecule has 0 aromatic heterocycles. The zero-order chi connectivity index (χ0) is 19.4. The average Bonchev–Trinajstić information content (AvgIpc) is 2.96. The number of carbonyl (C=O) groups is 4. The molecule has 1 aliphatic rings. The number of hydrogen-bond donors (Lipinski definition) is 0. The van der Waals surface area contributed by atoms with Gasteiger partial charge in [-0.15, -0.1) is 0 Å². The molecule has 0 unspecified atom stereocenters. The van der Waals surface area contributed by atoms with E-state index in [0.717, 1.165) is 16.7 Å². The minimum Gasteiger partial charge on any atom is -0.465 e. The fourth-order valence-electron chi connectivity index (χ4n) is 2.48. The lowest BCUT2D eigenvalue weighted by Crippen LogP contribution is -2.33. The lowest BCUT2D eigenvalue weighted by Gasteiger charge is -2.11.